The molecule has 0 aromatic carbocycles. The monoisotopic (exact) mass is 442 g/mol. The molecule has 4 aliphatic carbocycles. The molecule has 174 valence electrons. The Labute approximate surface area is 189 Å². The molecule has 0 amide bonds. The fraction of sp³-hybridized carbons (Fsp3) is 0.731. The maximum Gasteiger partial charge on any atom is 0.164 e. The van der Waals surface area contributed by atoms with Crippen molar-refractivity contribution in [3.63, 3.8) is 0 Å². The van der Waals surface area contributed by atoms with Crippen molar-refractivity contribution in [2.24, 2.45) is 22.7 Å². The van der Waals surface area contributed by atoms with Crippen LogP contribution in [0.2, 0.25) is 0 Å². The third-order valence-corrected chi connectivity index (χ3v) is 9.10. The van der Waals surface area contributed by atoms with Gasteiger partial charge >= 0.3 is 0 Å². The van der Waals surface area contributed by atoms with Crippen LogP contribution in [0.4, 0.5) is 0 Å². The zero-order valence-corrected chi connectivity index (χ0v) is 20.2. The zero-order valence-electron chi connectivity index (χ0n) is 20.2. The third kappa shape index (κ3) is 2.09. The summed E-state index contributed by atoms with van der Waals surface area (Å²) in [5, 5.41) is 11.7. The number of allylic oxidation sites excluding steroid dienone is 1. The molecule has 2 heterocycles. The van der Waals surface area contributed by atoms with Crippen LogP contribution < -0.4 is 0 Å². The highest BCUT2D eigenvalue weighted by atomic mass is 16.8. The number of hydrogen-bond donors (Lipinski definition) is 1. The predicted octanol–water partition coefficient (Wildman–Crippen LogP) is 3.45. The van der Waals surface area contributed by atoms with Gasteiger partial charge in [-0.3, -0.25) is 4.79 Å². The minimum atomic E-state index is -1.10. The van der Waals surface area contributed by atoms with Crippen molar-refractivity contribution >= 4 is 5.78 Å². The smallest absolute Gasteiger partial charge is 0.164 e. The quantitative estimate of drug-likeness (QED) is 0.580. The summed E-state index contributed by atoms with van der Waals surface area (Å²) in [4.78, 5) is 14.7. The molecule has 6 heteroatoms. The molecule has 32 heavy (non-hydrogen) atoms. The summed E-state index contributed by atoms with van der Waals surface area (Å²) in [6.45, 7) is 16.0. The number of ether oxygens (including phenoxy) is 4. The SMILES string of the molecule is CC1=C[C@]23C(=O)[C@@H](C=C4COC(C)(C)O[C@H]4[C@@]24OC(C)(C)O[C@@H]14)[C@@H]1C(C)(C)[C@]1(O)C=C3C. The van der Waals surface area contributed by atoms with Crippen LogP contribution in [0.15, 0.2) is 34.9 Å². The molecular formula is C26H34O6. The molecule has 6 rings (SSSR count). The van der Waals surface area contributed by atoms with Crippen molar-refractivity contribution in [2.45, 2.75) is 90.4 Å². The fourth-order valence-electron chi connectivity index (χ4n) is 7.68. The van der Waals surface area contributed by atoms with Crippen molar-refractivity contribution in [1.82, 2.24) is 0 Å². The summed E-state index contributed by atoms with van der Waals surface area (Å²) in [5.41, 5.74) is -0.957. The Kier molecular flexibility index (Phi) is 3.65. The maximum atomic E-state index is 14.7. The Morgan fingerprint density at radius 1 is 0.969 bits per heavy atom. The van der Waals surface area contributed by atoms with Crippen molar-refractivity contribution in [3.8, 4) is 0 Å². The van der Waals surface area contributed by atoms with E-state index in [4.69, 9.17) is 18.9 Å². The minimum absolute atomic E-state index is 0.0595. The van der Waals surface area contributed by atoms with E-state index in [1.165, 1.54) is 0 Å². The van der Waals surface area contributed by atoms with E-state index in [2.05, 4.69) is 0 Å². The molecule has 1 saturated carbocycles. The highest BCUT2D eigenvalue weighted by Crippen LogP contribution is 2.73. The van der Waals surface area contributed by atoms with Gasteiger partial charge in [0.25, 0.3) is 0 Å². The third-order valence-electron chi connectivity index (χ3n) is 9.10. The molecule has 7 atom stereocenters. The summed E-state index contributed by atoms with van der Waals surface area (Å²) >= 11 is 0. The number of hydrogen-bond acceptors (Lipinski definition) is 6. The van der Waals surface area contributed by atoms with Gasteiger partial charge in [-0.2, -0.15) is 0 Å². The summed E-state index contributed by atoms with van der Waals surface area (Å²) in [5.74, 6) is -2.34. The second-order valence-electron chi connectivity index (χ2n) is 12.2. The first kappa shape index (κ1) is 21.2. The van der Waals surface area contributed by atoms with Gasteiger partial charge in [-0.1, -0.05) is 37.6 Å². The average Bonchev–Trinajstić information content (AvgIpc) is 2.89. The first-order valence-corrected chi connectivity index (χ1v) is 11.7. The molecule has 0 unspecified atom stereocenters. The topological polar surface area (TPSA) is 74.2 Å². The lowest BCUT2D eigenvalue weighted by Gasteiger charge is -2.51. The molecule has 0 aromatic heterocycles. The zero-order chi connectivity index (χ0) is 23.3. The van der Waals surface area contributed by atoms with Gasteiger partial charge in [-0.05, 0) is 52.7 Å². The van der Waals surface area contributed by atoms with Gasteiger partial charge in [0.05, 0.1) is 12.2 Å². The van der Waals surface area contributed by atoms with E-state index in [9.17, 15) is 9.90 Å². The van der Waals surface area contributed by atoms with Crippen LogP contribution in [0.5, 0.6) is 0 Å². The van der Waals surface area contributed by atoms with E-state index in [1.54, 1.807) is 0 Å². The summed E-state index contributed by atoms with van der Waals surface area (Å²) < 4.78 is 26.0. The van der Waals surface area contributed by atoms with Crippen molar-refractivity contribution in [3.05, 3.63) is 34.9 Å². The Morgan fingerprint density at radius 3 is 2.31 bits per heavy atom. The predicted molar refractivity (Wildman–Crippen MR) is 116 cm³/mol. The van der Waals surface area contributed by atoms with Crippen molar-refractivity contribution in [1.29, 1.82) is 0 Å². The summed E-state index contributed by atoms with van der Waals surface area (Å²) in [6.07, 6.45) is 5.03. The minimum Gasteiger partial charge on any atom is -0.385 e. The standard InChI is InChI=1S/C26H34O6/c1-13-10-24-14(2)11-25(28)17(21(25,3)4)16(18(24)27)9-15-12-29-22(5,6)31-20(15)26(24)19(13)30-23(7,8)32-26/h9-11,16-17,19-20,28H,12H2,1-8H3/t16-,17+,19-,20+,24-,25-,26+/m0/s1. The Morgan fingerprint density at radius 2 is 1.62 bits per heavy atom. The Balaban J connectivity index is 1.69. The molecule has 3 fully saturated rings. The molecule has 6 nitrogen and oxygen atoms in total. The van der Waals surface area contributed by atoms with Crippen LogP contribution in [0.1, 0.15) is 55.4 Å². The lowest BCUT2D eigenvalue weighted by Crippen LogP contribution is -2.66. The average molecular weight is 443 g/mol. The number of carbonyl (C=O) groups is 1. The maximum absolute atomic E-state index is 14.7. The van der Waals surface area contributed by atoms with Gasteiger partial charge in [0.1, 0.15) is 17.6 Å². The molecule has 2 spiro atoms. The molecular weight excluding hydrogens is 408 g/mol. The highest BCUT2D eigenvalue weighted by Gasteiger charge is 2.82. The van der Waals surface area contributed by atoms with Crippen LogP contribution in [-0.4, -0.2) is 52.5 Å². The van der Waals surface area contributed by atoms with Gasteiger partial charge in [-0.25, -0.2) is 0 Å². The largest absolute Gasteiger partial charge is 0.385 e. The molecule has 2 aliphatic heterocycles. The number of rotatable bonds is 0. The number of Topliss-reactive ketones (excluding diaryl/α,β-unsaturated/α-hetero) is 1. The molecule has 6 aliphatic rings. The van der Waals surface area contributed by atoms with Gasteiger partial charge in [0.15, 0.2) is 23.0 Å². The highest BCUT2D eigenvalue weighted by molar-refractivity contribution is 5.98. The van der Waals surface area contributed by atoms with Crippen molar-refractivity contribution < 1.29 is 28.8 Å². The molecule has 2 saturated heterocycles. The lowest BCUT2D eigenvalue weighted by atomic mass is 9.61. The Hall–Kier alpha value is -1.31. The fourth-order valence-corrected chi connectivity index (χ4v) is 7.68. The summed E-state index contributed by atoms with van der Waals surface area (Å²) in [7, 11) is 0. The Bertz CT molecular complexity index is 1050. The number of fused-ring (bicyclic) bond motifs is 4. The number of aliphatic hydroxyl groups is 1. The summed E-state index contributed by atoms with van der Waals surface area (Å²) in [6, 6.07) is 0. The normalized spacial score (nSPS) is 51.2. The van der Waals surface area contributed by atoms with E-state index in [0.29, 0.717) is 6.61 Å². The van der Waals surface area contributed by atoms with E-state index < -0.39 is 51.7 Å². The first-order valence-electron chi connectivity index (χ1n) is 11.7. The van der Waals surface area contributed by atoms with Gasteiger partial charge in [0, 0.05) is 17.3 Å². The van der Waals surface area contributed by atoms with Crippen LogP contribution in [0, 0.1) is 22.7 Å². The second-order valence-corrected chi connectivity index (χ2v) is 12.2. The van der Waals surface area contributed by atoms with Crippen LogP contribution >= 0.6 is 0 Å². The van der Waals surface area contributed by atoms with Gasteiger partial charge in [-0.15, -0.1) is 0 Å². The van der Waals surface area contributed by atoms with Gasteiger partial charge < -0.3 is 24.1 Å². The van der Waals surface area contributed by atoms with E-state index in [1.807, 2.05) is 73.6 Å². The molecule has 0 radical (unpaired) electrons. The van der Waals surface area contributed by atoms with Crippen LogP contribution in [0.25, 0.3) is 0 Å². The van der Waals surface area contributed by atoms with E-state index in [0.717, 1.165) is 16.7 Å². The van der Waals surface area contributed by atoms with E-state index >= 15 is 0 Å². The van der Waals surface area contributed by atoms with E-state index in [-0.39, 0.29) is 11.7 Å². The van der Waals surface area contributed by atoms with Gasteiger partial charge in [0.2, 0.25) is 0 Å². The molecule has 0 aromatic rings. The second kappa shape index (κ2) is 5.49. The number of ketones is 1. The molecule has 1 N–H and O–H groups in total. The lowest BCUT2D eigenvalue weighted by molar-refractivity contribution is -0.299. The van der Waals surface area contributed by atoms with Crippen LogP contribution in [-0.2, 0) is 23.7 Å². The first-order chi connectivity index (χ1) is 14.6. The molecule has 2 bridgehead atoms. The van der Waals surface area contributed by atoms with Crippen molar-refractivity contribution in [2.75, 3.05) is 6.61 Å². The van der Waals surface area contributed by atoms with Crippen LogP contribution in [0.3, 0.4) is 0 Å². The number of carbonyl (C=O) groups excluding carboxylic acids is 1.